The van der Waals surface area contributed by atoms with E-state index in [1.807, 2.05) is 63.2 Å². The van der Waals surface area contributed by atoms with E-state index in [0.29, 0.717) is 5.69 Å². The fourth-order valence-corrected chi connectivity index (χ4v) is 2.78. The monoisotopic (exact) mass is 299 g/mol. The normalized spacial score (nSPS) is 10.3. The van der Waals surface area contributed by atoms with Crippen LogP contribution < -0.4 is 0 Å². The van der Waals surface area contributed by atoms with Gasteiger partial charge in [0.2, 0.25) is 0 Å². The van der Waals surface area contributed by atoms with Gasteiger partial charge in [-0.15, -0.1) is 0 Å². The van der Waals surface area contributed by atoms with Crippen molar-refractivity contribution >= 4 is 5.69 Å². The summed E-state index contributed by atoms with van der Waals surface area (Å²) in [5.41, 5.74) is 7.28. The summed E-state index contributed by atoms with van der Waals surface area (Å²) in [4.78, 5) is 13.0. The number of aromatic nitrogens is 2. The topological polar surface area (TPSA) is 30.1 Å². The lowest BCUT2D eigenvalue weighted by Crippen LogP contribution is -1.96. The van der Waals surface area contributed by atoms with E-state index in [1.54, 1.807) is 6.20 Å². The van der Waals surface area contributed by atoms with E-state index in [1.165, 1.54) is 0 Å². The van der Waals surface area contributed by atoms with Gasteiger partial charge in [-0.3, -0.25) is 4.98 Å². The predicted molar refractivity (Wildman–Crippen MR) is 93.4 cm³/mol. The lowest BCUT2D eigenvalue weighted by atomic mass is 10.0. The molecule has 23 heavy (non-hydrogen) atoms. The molecule has 3 nitrogen and oxygen atoms in total. The molecule has 3 heteroatoms. The van der Waals surface area contributed by atoms with Crippen molar-refractivity contribution in [3.8, 4) is 22.5 Å². The van der Waals surface area contributed by atoms with Crippen molar-refractivity contribution in [1.82, 2.24) is 9.97 Å². The first-order valence-electron chi connectivity index (χ1n) is 7.49. The molecule has 0 radical (unpaired) electrons. The van der Waals surface area contributed by atoms with Crippen molar-refractivity contribution < 1.29 is 0 Å². The molecule has 0 atom stereocenters. The Morgan fingerprint density at radius 3 is 2.35 bits per heavy atom. The van der Waals surface area contributed by atoms with Crippen LogP contribution in [0, 0.1) is 27.3 Å². The molecular weight excluding hydrogens is 282 g/mol. The number of nitrogens with zero attached hydrogens (tertiary/aromatic N) is 3. The molecule has 0 aliphatic carbocycles. The van der Waals surface area contributed by atoms with E-state index >= 15 is 0 Å². The maximum absolute atomic E-state index is 7.36. The van der Waals surface area contributed by atoms with Crippen LogP contribution in [-0.4, -0.2) is 9.97 Å². The molecule has 1 aromatic heterocycles. The van der Waals surface area contributed by atoms with Gasteiger partial charge in [0.05, 0.1) is 29.9 Å². The first-order chi connectivity index (χ1) is 11.1. The number of hydrogen-bond acceptors (Lipinski definition) is 2. The van der Waals surface area contributed by atoms with Crippen LogP contribution in [0.1, 0.15) is 16.8 Å². The highest BCUT2D eigenvalue weighted by Gasteiger charge is 2.12. The van der Waals surface area contributed by atoms with Crippen molar-refractivity contribution in [1.29, 1.82) is 0 Å². The molecule has 0 saturated carbocycles. The highest BCUT2D eigenvalue weighted by Crippen LogP contribution is 2.32. The van der Waals surface area contributed by atoms with Gasteiger partial charge in [0, 0.05) is 5.56 Å². The van der Waals surface area contributed by atoms with Gasteiger partial charge in [0.15, 0.2) is 5.69 Å². The molecule has 0 amide bonds. The Kier molecular flexibility index (Phi) is 3.91. The summed E-state index contributed by atoms with van der Waals surface area (Å²) in [5.74, 6) is 0. The van der Waals surface area contributed by atoms with Crippen LogP contribution in [-0.2, 0) is 0 Å². The molecular formula is C20H17N3. The lowest BCUT2D eigenvalue weighted by molar-refractivity contribution is 1.12. The van der Waals surface area contributed by atoms with E-state index in [0.717, 1.165) is 39.3 Å². The Balaban J connectivity index is 2.10. The van der Waals surface area contributed by atoms with E-state index in [9.17, 15) is 0 Å². The first kappa shape index (κ1) is 14.9. The molecule has 0 saturated heterocycles. The van der Waals surface area contributed by atoms with Crippen LogP contribution in [0.3, 0.4) is 0 Å². The Bertz CT molecular complexity index is 906. The lowest BCUT2D eigenvalue weighted by Gasteiger charge is -2.11. The molecule has 0 spiro atoms. The van der Waals surface area contributed by atoms with Gasteiger partial charge in [-0.1, -0.05) is 42.5 Å². The molecule has 0 aliphatic rings. The van der Waals surface area contributed by atoms with Crippen LogP contribution >= 0.6 is 0 Å². The zero-order valence-electron chi connectivity index (χ0n) is 13.5. The van der Waals surface area contributed by atoms with Crippen molar-refractivity contribution in [2.24, 2.45) is 0 Å². The van der Waals surface area contributed by atoms with Crippen LogP contribution in [0.2, 0.25) is 0 Å². The van der Waals surface area contributed by atoms with Gasteiger partial charge in [-0.05, 0) is 37.5 Å². The molecule has 0 bridgehead atoms. The molecule has 3 rings (SSSR count). The maximum atomic E-state index is 7.36. The smallest absolute Gasteiger partial charge is 0.193 e. The SMILES string of the molecule is [C-]#[N+]c1c(C)ccc(-c2cnc(-c3ccccc3)c(C)n2)c1C. The Hall–Kier alpha value is -2.99. The van der Waals surface area contributed by atoms with Gasteiger partial charge >= 0.3 is 0 Å². The fourth-order valence-electron chi connectivity index (χ4n) is 2.78. The van der Waals surface area contributed by atoms with Gasteiger partial charge in [-0.25, -0.2) is 9.83 Å². The van der Waals surface area contributed by atoms with Crippen LogP contribution in [0.4, 0.5) is 5.69 Å². The minimum Gasteiger partial charge on any atom is -0.252 e. The second kappa shape index (κ2) is 6.02. The average molecular weight is 299 g/mol. The summed E-state index contributed by atoms with van der Waals surface area (Å²) in [6, 6.07) is 14.0. The van der Waals surface area contributed by atoms with E-state index in [2.05, 4.69) is 9.83 Å². The van der Waals surface area contributed by atoms with Gasteiger partial charge in [0.1, 0.15) is 0 Å². The minimum absolute atomic E-state index is 0.703. The van der Waals surface area contributed by atoms with Crippen LogP contribution in [0.25, 0.3) is 27.4 Å². The third-order valence-corrected chi connectivity index (χ3v) is 4.01. The predicted octanol–water partition coefficient (Wildman–Crippen LogP) is 5.29. The third kappa shape index (κ3) is 2.72. The Morgan fingerprint density at radius 2 is 1.70 bits per heavy atom. The fraction of sp³-hybridized carbons (Fsp3) is 0.150. The summed E-state index contributed by atoms with van der Waals surface area (Å²) in [5, 5.41) is 0. The van der Waals surface area contributed by atoms with Gasteiger partial charge in [0.25, 0.3) is 0 Å². The Labute approximate surface area is 136 Å². The molecule has 2 aromatic carbocycles. The summed E-state index contributed by atoms with van der Waals surface area (Å²) < 4.78 is 0. The third-order valence-electron chi connectivity index (χ3n) is 4.01. The molecule has 0 unspecified atom stereocenters. The van der Waals surface area contributed by atoms with Crippen LogP contribution in [0.15, 0.2) is 48.7 Å². The number of aryl methyl sites for hydroxylation is 2. The van der Waals surface area contributed by atoms with Crippen molar-refractivity contribution in [2.45, 2.75) is 20.8 Å². The van der Waals surface area contributed by atoms with E-state index in [4.69, 9.17) is 11.6 Å². The summed E-state index contributed by atoms with van der Waals surface area (Å²) in [7, 11) is 0. The van der Waals surface area contributed by atoms with E-state index in [-0.39, 0.29) is 0 Å². The highest BCUT2D eigenvalue weighted by atomic mass is 14.8. The second-order valence-corrected chi connectivity index (χ2v) is 5.57. The summed E-state index contributed by atoms with van der Waals surface area (Å²) in [6.07, 6.45) is 1.79. The van der Waals surface area contributed by atoms with E-state index < -0.39 is 0 Å². The molecule has 0 N–H and O–H groups in total. The van der Waals surface area contributed by atoms with Crippen molar-refractivity contribution in [3.63, 3.8) is 0 Å². The Morgan fingerprint density at radius 1 is 0.957 bits per heavy atom. The zero-order valence-corrected chi connectivity index (χ0v) is 13.5. The molecule has 112 valence electrons. The summed E-state index contributed by atoms with van der Waals surface area (Å²) in [6.45, 7) is 13.3. The molecule has 0 fully saturated rings. The van der Waals surface area contributed by atoms with Gasteiger partial charge < -0.3 is 0 Å². The molecule has 0 aliphatic heterocycles. The number of rotatable bonds is 2. The largest absolute Gasteiger partial charge is 0.252 e. The van der Waals surface area contributed by atoms with Crippen molar-refractivity contribution in [3.05, 3.63) is 76.9 Å². The van der Waals surface area contributed by atoms with Crippen LogP contribution in [0.5, 0.6) is 0 Å². The summed E-state index contributed by atoms with van der Waals surface area (Å²) >= 11 is 0. The van der Waals surface area contributed by atoms with Crippen molar-refractivity contribution in [2.75, 3.05) is 0 Å². The standard InChI is InChI=1S/C20H17N3/c1-13-10-11-17(14(2)19(13)21-4)18-12-22-20(15(3)23-18)16-8-6-5-7-9-16/h5-12H,1-3H3. The first-order valence-corrected chi connectivity index (χ1v) is 7.49. The quantitative estimate of drug-likeness (QED) is 0.602. The number of hydrogen-bond donors (Lipinski definition) is 0. The molecule has 1 heterocycles. The average Bonchev–Trinajstić information content (AvgIpc) is 2.56. The maximum Gasteiger partial charge on any atom is 0.193 e. The molecule has 3 aromatic rings. The highest BCUT2D eigenvalue weighted by molar-refractivity contribution is 5.74. The minimum atomic E-state index is 0.703. The zero-order chi connectivity index (χ0) is 16.4. The van der Waals surface area contributed by atoms with Gasteiger partial charge in [-0.2, -0.15) is 0 Å². The second-order valence-electron chi connectivity index (χ2n) is 5.57. The number of benzene rings is 2.